The van der Waals surface area contributed by atoms with Gasteiger partial charge in [0, 0.05) is 13.0 Å². The van der Waals surface area contributed by atoms with Gasteiger partial charge >= 0.3 is 11.9 Å². The molecule has 0 spiro atoms. The molecule has 0 amide bonds. The second kappa shape index (κ2) is 19.8. The summed E-state index contributed by atoms with van der Waals surface area (Å²) < 4.78 is 16.1. The zero-order valence-corrected chi connectivity index (χ0v) is 30.4. The molecule has 2 aliphatic rings. The molecule has 6 nitrogen and oxygen atoms in total. The summed E-state index contributed by atoms with van der Waals surface area (Å²) in [6, 6.07) is 16.5. The van der Waals surface area contributed by atoms with Crippen molar-refractivity contribution in [2.24, 2.45) is 23.7 Å². The first-order chi connectivity index (χ1) is 23.8. The van der Waals surface area contributed by atoms with Gasteiger partial charge in [-0.2, -0.15) is 0 Å². The van der Waals surface area contributed by atoms with Crippen LogP contribution in [0.15, 0.2) is 66.8 Å². The standard InChI is InChI=1S/C43H60O6/c1-6-8-9-10-32-11-24-41(33(7-2)25-32)39-22-20-37(21-23-39)35-14-12-34(13-15-35)36-16-18-38(19-17-36)40(28-48-42(45)30(3)26-44)29-49-43(46)31(4)27-47-5/h11,20-25,34-36,38,40,44H,3-4,6-10,12-19,26-29H2,1-2,5H3. The van der Waals surface area contributed by atoms with Crippen molar-refractivity contribution in [1.82, 2.24) is 0 Å². The van der Waals surface area contributed by atoms with E-state index < -0.39 is 18.5 Å². The van der Waals surface area contributed by atoms with E-state index in [1.165, 1.54) is 86.3 Å². The molecule has 0 aromatic heterocycles. The Morgan fingerprint density at radius 2 is 1.43 bits per heavy atom. The van der Waals surface area contributed by atoms with Gasteiger partial charge in [0.1, 0.15) is 0 Å². The Bertz CT molecular complexity index is 1360. The molecule has 0 heterocycles. The van der Waals surface area contributed by atoms with Crippen LogP contribution in [0.4, 0.5) is 0 Å². The van der Waals surface area contributed by atoms with E-state index in [-0.39, 0.29) is 42.8 Å². The van der Waals surface area contributed by atoms with Gasteiger partial charge in [0.25, 0.3) is 0 Å². The summed E-state index contributed by atoms with van der Waals surface area (Å²) >= 11 is 0. The lowest BCUT2D eigenvalue weighted by Gasteiger charge is -2.39. The van der Waals surface area contributed by atoms with Crippen molar-refractivity contribution in [2.75, 3.05) is 33.5 Å². The summed E-state index contributed by atoms with van der Waals surface area (Å²) in [4.78, 5) is 24.6. The molecule has 0 saturated heterocycles. The smallest absolute Gasteiger partial charge is 0.335 e. The highest BCUT2D eigenvalue weighted by Crippen LogP contribution is 2.45. The van der Waals surface area contributed by atoms with Crippen molar-refractivity contribution in [3.05, 3.63) is 83.5 Å². The number of esters is 2. The molecule has 0 radical (unpaired) electrons. The summed E-state index contributed by atoms with van der Waals surface area (Å²) in [7, 11) is 1.51. The summed E-state index contributed by atoms with van der Waals surface area (Å²) in [6.45, 7) is 11.8. The van der Waals surface area contributed by atoms with Crippen molar-refractivity contribution < 1.29 is 28.9 Å². The molecule has 6 heteroatoms. The highest BCUT2D eigenvalue weighted by molar-refractivity contribution is 5.88. The van der Waals surface area contributed by atoms with Crippen LogP contribution in [-0.2, 0) is 36.6 Å². The molecule has 1 N–H and O–H groups in total. The molecule has 1 unspecified atom stereocenters. The van der Waals surface area contributed by atoms with Gasteiger partial charge in [-0.05, 0) is 122 Å². The average Bonchev–Trinajstić information content (AvgIpc) is 3.14. The summed E-state index contributed by atoms with van der Waals surface area (Å²) in [5.74, 6) is 1.15. The number of ether oxygens (including phenoxy) is 3. The van der Waals surface area contributed by atoms with Crippen molar-refractivity contribution >= 4 is 11.9 Å². The number of aliphatic hydroxyl groups excluding tert-OH is 1. The maximum Gasteiger partial charge on any atom is 0.335 e. The van der Waals surface area contributed by atoms with Gasteiger partial charge in [-0.3, -0.25) is 0 Å². The minimum atomic E-state index is -0.611. The van der Waals surface area contributed by atoms with Crippen LogP contribution in [0, 0.1) is 23.7 Å². The fraction of sp³-hybridized carbons (Fsp3) is 0.581. The zero-order chi connectivity index (χ0) is 35.2. The third kappa shape index (κ3) is 11.1. The molecule has 2 fully saturated rings. The second-order valence-electron chi connectivity index (χ2n) is 14.5. The van der Waals surface area contributed by atoms with Gasteiger partial charge in [-0.25, -0.2) is 9.59 Å². The summed E-state index contributed by atoms with van der Waals surface area (Å²) in [5.41, 5.74) is 7.37. The molecule has 268 valence electrons. The minimum absolute atomic E-state index is 0.0212. The third-order valence-electron chi connectivity index (χ3n) is 11.2. The molecule has 1 atom stereocenters. The van der Waals surface area contributed by atoms with E-state index in [0.717, 1.165) is 38.0 Å². The van der Waals surface area contributed by atoms with Crippen LogP contribution in [0.3, 0.4) is 0 Å². The number of hydrogen-bond acceptors (Lipinski definition) is 6. The van der Waals surface area contributed by atoms with Crippen LogP contribution in [0.1, 0.15) is 107 Å². The van der Waals surface area contributed by atoms with Gasteiger partial charge in [0.05, 0.1) is 37.6 Å². The van der Waals surface area contributed by atoms with Crippen LogP contribution in [0.2, 0.25) is 0 Å². The number of rotatable bonds is 18. The van der Waals surface area contributed by atoms with Crippen LogP contribution in [-0.4, -0.2) is 50.6 Å². The van der Waals surface area contributed by atoms with Crippen LogP contribution in [0.5, 0.6) is 0 Å². The van der Waals surface area contributed by atoms with Crippen LogP contribution in [0.25, 0.3) is 11.1 Å². The van der Waals surface area contributed by atoms with E-state index in [0.29, 0.717) is 11.8 Å². The predicted octanol–water partition coefficient (Wildman–Crippen LogP) is 9.18. The number of benzene rings is 2. The molecule has 2 saturated carbocycles. The first kappa shape index (κ1) is 38.6. The summed E-state index contributed by atoms with van der Waals surface area (Å²) in [5, 5.41) is 9.25. The zero-order valence-electron chi connectivity index (χ0n) is 30.4. The Morgan fingerprint density at radius 3 is 2.00 bits per heavy atom. The number of methoxy groups -OCH3 is 1. The molecule has 2 aromatic carbocycles. The van der Waals surface area contributed by atoms with Gasteiger partial charge in [-0.1, -0.05) is 82.3 Å². The van der Waals surface area contributed by atoms with Crippen molar-refractivity contribution in [1.29, 1.82) is 0 Å². The van der Waals surface area contributed by atoms with Crippen molar-refractivity contribution in [2.45, 2.75) is 103 Å². The Morgan fingerprint density at radius 1 is 0.816 bits per heavy atom. The van der Waals surface area contributed by atoms with E-state index in [1.807, 2.05) is 0 Å². The third-order valence-corrected chi connectivity index (χ3v) is 11.2. The molecule has 49 heavy (non-hydrogen) atoms. The highest BCUT2D eigenvalue weighted by Gasteiger charge is 2.35. The van der Waals surface area contributed by atoms with Gasteiger partial charge in [0.15, 0.2) is 0 Å². The largest absolute Gasteiger partial charge is 0.462 e. The lowest BCUT2D eigenvalue weighted by Crippen LogP contribution is -2.33. The summed E-state index contributed by atoms with van der Waals surface area (Å²) in [6.07, 6.45) is 15.4. The Kier molecular flexibility index (Phi) is 15.6. The van der Waals surface area contributed by atoms with E-state index in [9.17, 15) is 14.7 Å². The van der Waals surface area contributed by atoms with Crippen molar-refractivity contribution in [3.63, 3.8) is 0 Å². The fourth-order valence-corrected chi connectivity index (χ4v) is 8.09. The lowest BCUT2D eigenvalue weighted by molar-refractivity contribution is -0.146. The molecule has 0 aliphatic heterocycles. The molecular formula is C43H60O6. The number of carbonyl (C=O) groups is 2. The lowest BCUT2D eigenvalue weighted by atomic mass is 9.67. The fourth-order valence-electron chi connectivity index (χ4n) is 8.09. The Hall–Kier alpha value is -3.22. The maximum absolute atomic E-state index is 12.4. The monoisotopic (exact) mass is 672 g/mol. The molecule has 4 rings (SSSR count). The number of hydrogen-bond donors (Lipinski definition) is 1. The SMILES string of the molecule is C=C(CO)C(=O)OCC(COC(=O)C(=C)COC)C1CCC(C2CCC(c3ccc(-c4ccc(CCCCC)cc4CC)cc3)CC2)CC1. The predicted molar refractivity (Wildman–Crippen MR) is 197 cm³/mol. The first-order valence-electron chi connectivity index (χ1n) is 18.8. The first-order valence-corrected chi connectivity index (χ1v) is 18.8. The molecule has 0 bridgehead atoms. The number of aryl methyl sites for hydroxylation is 2. The number of unbranched alkanes of at least 4 members (excludes halogenated alkanes) is 2. The minimum Gasteiger partial charge on any atom is -0.462 e. The number of carbonyl (C=O) groups excluding carboxylic acids is 2. The van der Waals surface area contributed by atoms with E-state index in [2.05, 4.69) is 69.5 Å². The molecular weight excluding hydrogens is 612 g/mol. The van der Waals surface area contributed by atoms with E-state index in [4.69, 9.17) is 14.2 Å². The van der Waals surface area contributed by atoms with Gasteiger partial charge in [0.2, 0.25) is 0 Å². The normalized spacial score (nSPS) is 21.5. The average molecular weight is 673 g/mol. The Balaban J connectivity index is 1.28. The van der Waals surface area contributed by atoms with Gasteiger partial charge < -0.3 is 19.3 Å². The quantitative estimate of drug-likeness (QED) is 0.0966. The number of aliphatic hydroxyl groups is 1. The van der Waals surface area contributed by atoms with Crippen LogP contribution >= 0.6 is 0 Å². The van der Waals surface area contributed by atoms with Crippen molar-refractivity contribution in [3.8, 4) is 11.1 Å². The molecule has 2 aromatic rings. The highest BCUT2D eigenvalue weighted by atomic mass is 16.5. The topological polar surface area (TPSA) is 82.1 Å². The van der Waals surface area contributed by atoms with E-state index in [1.54, 1.807) is 0 Å². The molecule has 2 aliphatic carbocycles. The maximum atomic E-state index is 12.4. The Labute approximate surface area is 295 Å². The van der Waals surface area contributed by atoms with E-state index >= 15 is 0 Å². The van der Waals surface area contributed by atoms with Gasteiger partial charge in [-0.15, -0.1) is 0 Å². The second-order valence-corrected chi connectivity index (χ2v) is 14.5. The van der Waals surface area contributed by atoms with Crippen LogP contribution < -0.4 is 0 Å².